The van der Waals surface area contributed by atoms with E-state index >= 15 is 0 Å². The number of pyridine rings is 1. The smallest absolute Gasteiger partial charge is 0.292 e. The lowest BCUT2D eigenvalue weighted by Crippen LogP contribution is -2.29. The molecule has 0 unspecified atom stereocenters. The van der Waals surface area contributed by atoms with E-state index in [1.807, 2.05) is 48.5 Å². The van der Waals surface area contributed by atoms with E-state index in [1.165, 1.54) is 5.56 Å². The second-order valence-electron chi connectivity index (χ2n) is 7.26. The molecule has 6 heteroatoms. The molecule has 0 aliphatic carbocycles. The van der Waals surface area contributed by atoms with Gasteiger partial charge in [-0.05, 0) is 29.7 Å². The predicted octanol–water partition coefficient (Wildman–Crippen LogP) is 3.11. The summed E-state index contributed by atoms with van der Waals surface area (Å²) in [5.41, 5.74) is 2.05. The van der Waals surface area contributed by atoms with E-state index in [0.29, 0.717) is 44.8 Å². The molecule has 0 radical (unpaired) electrons. The molecule has 0 aliphatic heterocycles. The van der Waals surface area contributed by atoms with Gasteiger partial charge in [-0.25, -0.2) is 0 Å². The molecule has 3 aromatic rings. The normalized spacial score (nSPS) is 10.6. The Kier molecular flexibility index (Phi) is 8.88. The van der Waals surface area contributed by atoms with Crippen LogP contribution in [0, 0.1) is 0 Å². The van der Waals surface area contributed by atoms with Gasteiger partial charge in [0, 0.05) is 38.8 Å². The molecular formula is C25H29N3O3. The molecule has 0 spiro atoms. The van der Waals surface area contributed by atoms with Crippen LogP contribution >= 0.6 is 0 Å². The number of aromatic nitrogens is 1. The lowest BCUT2D eigenvalue weighted by molar-refractivity contribution is -0.121. The monoisotopic (exact) mass is 419 g/mol. The highest BCUT2D eigenvalue weighted by Crippen LogP contribution is 2.07. The summed E-state index contributed by atoms with van der Waals surface area (Å²) in [5.74, 6) is 0.340. The van der Waals surface area contributed by atoms with E-state index in [1.54, 1.807) is 22.9 Å². The minimum Gasteiger partial charge on any atom is -0.483 e. The zero-order valence-electron chi connectivity index (χ0n) is 17.6. The van der Waals surface area contributed by atoms with Gasteiger partial charge in [-0.15, -0.1) is 0 Å². The van der Waals surface area contributed by atoms with Crippen molar-refractivity contribution in [3.63, 3.8) is 0 Å². The van der Waals surface area contributed by atoms with Crippen molar-refractivity contribution in [2.45, 2.75) is 32.5 Å². The first kappa shape index (κ1) is 22.3. The topological polar surface area (TPSA) is 72.4 Å². The number of rotatable bonds is 12. The van der Waals surface area contributed by atoms with Crippen molar-refractivity contribution >= 4 is 5.91 Å². The summed E-state index contributed by atoms with van der Waals surface area (Å²) < 4.78 is 7.30. The van der Waals surface area contributed by atoms with Gasteiger partial charge < -0.3 is 19.9 Å². The predicted molar refractivity (Wildman–Crippen MR) is 122 cm³/mol. The lowest BCUT2D eigenvalue weighted by atomic mass is 10.2. The number of hydrogen-bond acceptors (Lipinski definition) is 4. The Labute approximate surface area is 182 Å². The van der Waals surface area contributed by atoms with Gasteiger partial charge in [0.1, 0.15) is 6.61 Å². The first-order valence-electron chi connectivity index (χ1n) is 10.6. The molecule has 3 rings (SSSR count). The summed E-state index contributed by atoms with van der Waals surface area (Å²) in [7, 11) is 0. The third kappa shape index (κ3) is 7.75. The number of carbonyl (C=O) groups is 1. The third-order valence-corrected chi connectivity index (χ3v) is 4.82. The Morgan fingerprint density at radius 2 is 1.58 bits per heavy atom. The number of carbonyl (C=O) groups excluding carboxylic acids is 1. The molecule has 1 amide bonds. The van der Waals surface area contributed by atoms with Crippen molar-refractivity contribution < 1.29 is 9.53 Å². The van der Waals surface area contributed by atoms with Crippen LogP contribution in [0.25, 0.3) is 0 Å². The van der Waals surface area contributed by atoms with Gasteiger partial charge in [0.2, 0.25) is 5.91 Å². The second kappa shape index (κ2) is 12.3. The molecule has 1 heterocycles. The Hall–Kier alpha value is -3.38. The zero-order valence-corrected chi connectivity index (χ0v) is 17.6. The molecule has 2 N–H and O–H groups in total. The van der Waals surface area contributed by atoms with E-state index in [2.05, 4.69) is 22.8 Å². The van der Waals surface area contributed by atoms with Gasteiger partial charge in [0.15, 0.2) is 5.75 Å². The van der Waals surface area contributed by atoms with Gasteiger partial charge in [-0.2, -0.15) is 0 Å². The Morgan fingerprint density at radius 1 is 0.871 bits per heavy atom. The Morgan fingerprint density at radius 3 is 2.32 bits per heavy atom. The van der Waals surface area contributed by atoms with Crippen molar-refractivity contribution in [3.8, 4) is 5.75 Å². The average Bonchev–Trinajstić information content (AvgIpc) is 2.81. The molecular weight excluding hydrogens is 390 g/mol. The maximum absolute atomic E-state index is 12.6. The first-order valence-corrected chi connectivity index (χ1v) is 10.6. The summed E-state index contributed by atoms with van der Waals surface area (Å²) >= 11 is 0. The molecule has 31 heavy (non-hydrogen) atoms. The highest BCUT2D eigenvalue weighted by atomic mass is 16.5. The molecule has 0 saturated heterocycles. The number of hydrogen-bond donors (Lipinski definition) is 2. The molecule has 0 saturated carbocycles. The van der Waals surface area contributed by atoms with Crippen molar-refractivity contribution in [1.82, 2.24) is 15.2 Å². The van der Waals surface area contributed by atoms with E-state index in [-0.39, 0.29) is 11.5 Å². The van der Waals surface area contributed by atoms with Crippen molar-refractivity contribution in [1.29, 1.82) is 0 Å². The maximum atomic E-state index is 12.6. The van der Waals surface area contributed by atoms with Gasteiger partial charge in [0.25, 0.3) is 5.56 Å². The zero-order chi connectivity index (χ0) is 21.7. The number of benzene rings is 2. The van der Waals surface area contributed by atoms with E-state index in [0.717, 1.165) is 12.1 Å². The van der Waals surface area contributed by atoms with Crippen LogP contribution in [-0.4, -0.2) is 23.6 Å². The fraction of sp³-hybridized carbons (Fsp3) is 0.280. The summed E-state index contributed by atoms with van der Waals surface area (Å²) in [6, 6.07) is 23.3. The standard InChI is InChI=1S/C25H29N3O3/c29-24(14-16-26-19-21-9-3-1-4-10-21)27-15-8-18-28-17-7-13-23(25(28)30)31-20-22-11-5-2-6-12-22/h1-7,9-13,17,26H,8,14-16,18-20H2,(H,27,29). The largest absolute Gasteiger partial charge is 0.483 e. The number of nitrogens with zero attached hydrogens (tertiary/aromatic N) is 1. The lowest BCUT2D eigenvalue weighted by Gasteiger charge is -2.10. The summed E-state index contributed by atoms with van der Waals surface area (Å²) in [6.07, 6.45) is 2.84. The van der Waals surface area contributed by atoms with Gasteiger partial charge in [-0.1, -0.05) is 60.7 Å². The molecule has 1 aromatic heterocycles. The van der Waals surface area contributed by atoms with Gasteiger partial charge in [0.05, 0.1) is 0 Å². The number of aryl methyl sites for hydroxylation is 1. The number of nitrogens with one attached hydrogen (secondary N) is 2. The van der Waals surface area contributed by atoms with E-state index in [9.17, 15) is 9.59 Å². The summed E-state index contributed by atoms with van der Waals surface area (Å²) in [5, 5.41) is 6.17. The number of amides is 1. The molecule has 0 atom stereocenters. The fourth-order valence-corrected chi connectivity index (χ4v) is 3.13. The SMILES string of the molecule is O=C(CCNCc1ccccc1)NCCCn1cccc(OCc2ccccc2)c1=O. The van der Waals surface area contributed by atoms with Gasteiger partial charge in [-0.3, -0.25) is 9.59 Å². The van der Waals surface area contributed by atoms with Crippen LogP contribution in [0.3, 0.4) is 0 Å². The Bertz CT molecular complexity index is 988. The van der Waals surface area contributed by atoms with E-state index in [4.69, 9.17) is 4.74 Å². The van der Waals surface area contributed by atoms with Crippen LogP contribution < -0.4 is 20.9 Å². The average molecular weight is 420 g/mol. The molecule has 0 aliphatic rings. The van der Waals surface area contributed by atoms with Crippen LogP contribution in [0.15, 0.2) is 83.8 Å². The third-order valence-electron chi connectivity index (χ3n) is 4.82. The van der Waals surface area contributed by atoms with Crippen LogP contribution in [0.4, 0.5) is 0 Å². The minimum absolute atomic E-state index is 0.00727. The summed E-state index contributed by atoms with van der Waals surface area (Å²) in [4.78, 5) is 24.5. The van der Waals surface area contributed by atoms with Crippen molar-refractivity contribution in [3.05, 3.63) is 100 Å². The van der Waals surface area contributed by atoms with Crippen LogP contribution in [0.2, 0.25) is 0 Å². The Balaban J connectivity index is 1.33. The van der Waals surface area contributed by atoms with Crippen molar-refractivity contribution in [2.75, 3.05) is 13.1 Å². The maximum Gasteiger partial charge on any atom is 0.292 e. The highest BCUT2D eigenvalue weighted by Gasteiger charge is 2.05. The van der Waals surface area contributed by atoms with Crippen LogP contribution in [0.1, 0.15) is 24.0 Å². The molecule has 0 fully saturated rings. The fourth-order valence-electron chi connectivity index (χ4n) is 3.13. The van der Waals surface area contributed by atoms with Gasteiger partial charge >= 0.3 is 0 Å². The number of ether oxygens (including phenoxy) is 1. The van der Waals surface area contributed by atoms with Crippen LogP contribution in [-0.2, 0) is 24.5 Å². The first-order chi connectivity index (χ1) is 15.2. The molecule has 6 nitrogen and oxygen atoms in total. The molecule has 2 aromatic carbocycles. The van der Waals surface area contributed by atoms with E-state index < -0.39 is 0 Å². The highest BCUT2D eigenvalue weighted by molar-refractivity contribution is 5.75. The van der Waals surface area contributed by atoms with Crippen molar-refractivity contribution in [2.24, 2.45) is 0 Å². The quantitative estimate of drug-likeness (QED) is 0.443. The molecule has 162 valence electrons. The second-order valence-corrected chi connectivity index (χ2v) is 7.26. The minimum atomic E-state index is -0.158. The molecule has 0 bridgehead atoms. The van der Waals surface area contributed by atoms with Crippen LogP contribution in [0.5, 0.6) is 5.75 Å². The summed E-state index contributed by atoms with van der Waals surface area (Å²) in [6.45, 7) is 2.78.